The molecule has 0 atom stereocenters. The van der Waals surface area contributed by atoms with Crippen molar-refractivity contribution in [3.63, 3.8) is 0 Å². The lowest BCUT2D eigenvalue weighted by atomic mass is 10.1. The van der Waals surface area contributed by atoms with E-state index in [1.807, 2.05) is 39.8 Å². The van der Waals surface area contributed by atoms with Gasteiger partial charge in [0.25, 0.3) is 5.91 Å². The van der Waals surface area contributed by atoms with Crippen molar-refractivity contribution in [3.8, 4) is 0 Å². The lowest BCUT2D eigenvalue weighted by molar-refractivity contribution is 0.0240. The number of hydrogen-bond acceptors (Lipinski definition) is 4. The van der Waals surface area contributed by atoms with Gasteiger partial charge in [0.15, 0.2) is 0 Å². The second-order valence-electron chi connectivity index (χ2n) is 8.53. The van der Waals surface area contributed by atoms with Crippen molar-refractivity contribution in [3.05, 3.63) is 57.8 Å². The SMILES string of the molecule is Cc1cc(NC(=O)c2ccc(Br)cc2F)ccc1N1CCN(C(=O)OC(C)(C)C)CC1. The van der Waals surface area contributed by atoms with Gasteiger partial charge in [-0.25, -0.2) is 9.18 Å². The fourth-order valence-corrected chi connectivity index (χ4v) is 3.75. The number of piperazine rings is 1. The maximum atomic E-state index is 14.0. The summed E-state index contributed by atoms with van der Waals surface area (Å²) in [6.45, 7) is 10.1. The van der Waals surface area contributed by atoms with E-state index in [-0.39, 0.29) is 11.7 Å². The summed E-state index contributed by atoms with van der Waals surface area (Å²) in [6.07, 6.45) is -0.290. The molecule has 2 aromatic rings. The van der Waals surface area contributed by atoms with E-state index in [9.17, 15) is 14.0 Å². The van der Waals surface area contributed by atoms with Crippen LogP contribution in [-0.2, 0) is 4.74 Å². The molecule has 31 heavy (non-hydrogen) atoms. The summed E-state index contributed by atoms with van der Waals surface area (Å²) in [5.74, 6) is -1.08. The number of benzene rings is 2. The first-order valence-corrected chi connectivity index (χ1v) is 10.9. The average molecular weight is 492 g/mol. The Labute approximate surface area is 190 Å². The van der Waals surface area contributed by atoms with Gasteiger partial charge in [-0.05, 0) is 69.7 Å². The molecule has 1 saturated heterocycles. The van der Waals surface area contributed by atoms with Crippen LogP contribution in [0.3, 0.4) is 0 Å². The number of carbonyl (C=O) groups excluding carboxylic acids is 2. The van der Waals surface area contributed by atoms with E-state index in [4.69, 9.17) is 4.74 Å². The van der Waals surface area contributed by atoms with Crippen LogP contribution >= 0.6 is 15.9 Å². The molecule has 0 spiro atoms. The minimum absolute atomic E-state index is 0.0109. The van der Waals surface area contributed by atoms with Crippen LogP contribution in [0.15, 0.2) is 40.9 Å². The Morgan fingerprint density at radius 2 is 1.74 bits per heavy atom. The summed E-state index contributed by atoms with van der Waals surface area (Å²) in [5, 5.41) is 2.75. The molecule has 0 aliphatic carbocycles. The van der Waals surface area contributed by atoms with Crippen molar-refractivity contribution in [2.24, 2.45) is 0 Å². The minimum atomic E-state index is -0.580. The van der Waals surface area contributed by atoms with Gasteiger partial charge in [0.05, 0.1) is 5.56 Å². The van der Waals surface area contributed by atoms with Gasteiger partial charge in [0.1, 0.15) is 11.4 Å². The molecule has 1 fully saturated rings. The van der Waals surface area contributed by atoms with Crippen molar-refractivity contribution in [2.45, 2.75) is 33.3 Å². The molecule has 0 bridgehead atoms. The summed E-state index contributed by atoms with van der Waals surface area (Å²) in [5.41, 5.74) is 2.10. The van der Waals surface area contributed by atoms with E-state index in [1.54, 1.807) is 17.0 Å². The second-order valence-corrected chi connectivity index (χ2v) is 9.45. The molecule has 0 unspecified atom stereocenters. The summed E-state index contributed by atoms with van der Waals surface area (Å²) in [7, 11) is 0. The fourth-order valence-electron chi connectivity index (χ4n) is 3.42. The molecule has 1 aliphatic heterocycles. The Morgan fingerprint density at radius 1 is 1.06 bits per heavy atom. The highest BCUT2D eigenvalue weighted by molar-refractivity contribution is 9.10. The number of aryl methyl sites for hydroxylation is 1. The molecule has 2 aromatic carbocycles. The van der Waals surface area contributed by atoms with Gasteiger partial charge < -0.3 is 19.9 Å². The number of halogens is 2. The number of hydrogen-bond donors (Lipinski definition) is 1. The predicted molar refractivity (Wildman–Crippen MR) is 123 cm³/mol. The minimum Gasteiger partial charge on any atom is -0.444 e. The normalized spacial score (nSPS) is 14.4. The zero-order valence-electron chi connectivity index (χ0n) is 18.2. The molecule has 1 heterocycles. The first-order chi connectivity index (χ1) is 14.5. The highest BCUT2D eigenvalue weighted by atomic mass is 79.9. The largest absolute Gasteiger partial charge is 0.444 e. The molecule has 0 aromatic heterocycles. The monoisotopic (exact) mass is 491 g/mol. The smallest absolute Gasteiger partial charge is 0.410 e. The van der Waals surface area contributed by atoms with Crippen molar-refractivity contribution >= 4 is 39.3 Å². The third-order valence-corrected chi connectivity index (χ3v) is 5.40. The van der Waals surface area contributed by atoms with Crippen LogP contribution in [0, 0.1) is 12.7 Å². The maximum absolute atomic E-state index is 14.0. The van der Waals surface area contributed by atoms with Gasteiger partial charge in [-0.1, -0.05) is 15.9 Å². The van der Waals surface area contributed by atoms with Crippen LogP contribution < -0.4 is 10.2 Å². The Kier molecular flexibility index (Phi) is 6.89. The molecule has 3 rings (SSSR count). The van der Waals surface area contributed by atoms with Crippen LogP contribution in [0.1, 0.15) is 36.7 Å². The maximum Gasteiger partial charge on any atom is 0.410 e. The number of carbonyl (C=O) groups is 2. The standard InChI is InChI=1S/C23H27BrFN3O3/c1-15-13-17(26-21(29)18-7-5-16(24)14-19(18)25)6-8-20(15)27-9-11-28(12-10-27)22(30)31-23(2,3)4/h5-8,13-14H,9-12H2,1-4H3,(H,26,29). The second kappa shape index (κ2) is 9.26. The van der Waals surface area contributed by atoms with Crippen LogP contribution in [-0.4, -0.2) is 48.7 Å². The number of nitrogens with zero attached hydrogens (tertiary/aromatic N) is 2. The third kappa shape index (κ3) is 5.97. The summed E-state index contributed by atoms with van der Waals surface area (Å²) in [6, 6.07) is 9.94. The lowest BCUT2D eigenvalue weighted by Gasteiger charge is -2.37. The lowest BCUT2D eigenvalue weighted by Crippen LogP contribution is -2.50. The number of ether oxygens (including phenoxy) is 1. The quantitative estimate of drug-likeness (QED) is 0.640. The van der Waals surface area contributed by atoms with Gasteiger partial charge in [-0.15, -0.1) is 0 Å². The van der Waals surface area contributed by atoms with Crippen LogP contribution in [0.5, 0.6) is 0 Å². The molecular formula is C23H27BrFN3O3. The van der Waals surface area contributed by atoms with Crippen LogP contribution in [0.25, 0.3) is 0 Å². The van der Waals surface area contributed by atoms with E-state index in [1.165, 1.54) is 12.1 Å². The number of nitrogens with one attached hydrogen (secondary N) is 1. The molecular weight excluding hydrogens is 465 g/mol. The Morgan fingerprint density at radius 3 is 2.32 bits per heavy atom. The molecule has 2 amide bonds. The Balaban J connectivity index is 1.62. The van der Waals surface area contributed by atoms with Gasteiger partial charge in [-0.3, -0.25) is 4.79 Å². The predicted octanol–water partition coefficient (Wildman–Crippen LogP) is 5.21. The highest BCUT2D eigenvalue weighted by Gasteiger charge is 2.26. The van der Waals surface area contributed by atoms with Crippen molar-refractivity contribution in [1.29, 1.82) is 0 Å². The van der Waals surface area contributed by atoms with E-state index in [0.29, 0.717) is 36.3 Å². The Bertz CT molecular complexity index is 983. The first-order valence-electron chi connectivity index (χ1n) is 10.1. The van der Waals surface area contributed by atoms with Crippen LogP contribution in [0.4, 0.5) is 20.6 Å². The van der Waals surface area contributed by atoms with Gasteiger partial charge in [0.2, 0.25) is 0 Å². The molecule has 6 nitrogen and oxygen atoms in total. The molecule has 0 saturated carbocycles. The van der Waals surface area contributed by atoms with E-state index in [2.05, 4.69) is 26.1 Å². The van der Waals surface area contributed by atoms with E-state index < -0.39 is 17.3 Å². The fraction of sp³-hybridized carbons (Fsp3) is 0.391. The zero-order chi connectivity index (χ0) is 22.8. The molecule has 8 heteroatoms. The van der Waals surface area contributed by atoms with E-state index >= 15 is 0 Å². The van der Waals surface area contributed by atoms with Gasteiger partial charge >= 0.3 is 6.09 Å². The van der Waals surface area contributed by atoms with Gasteiger partial charge in [0, 0.05) is 42.0 Å². The van der Waals surface area contributed by atoms with E-state index in [0.717, 1.165) is 11.3 Å². The summed E-state index contributed by atoms with van der Waals surface area (Å²) >= 11 is 3.19. The summed E-state index contributed by atoms with van der Waals surface area (Å²) < 4.78 is 20.1. The summed E-state index contributed by atoms with van der Waals surface area (Å²) in [4.78, 5) is 28.6. The molecule has 166 valence electrons. The molecule has 0 radical (unpaired) electrons. The number of rotatable bonds is 3. The molecule has 1 aliphatic rings. The van der Waals surface area contributed by atoms with Crippen LogP contribution in [0.2, 0.25) is 0 Å². The highest BCUT2D eigenvalue weighted by Crippen LogP contribution is 2.26. The first kappa shape index (κ1) is 23.1. The number of anilines is 2. The van der Waals surface area contributed by atoms with Crippen molar-refractivity contribution < 1.29 is 18.7 Å². The van der Waals surface area contributed by atoms with Crippen molar-refractivity contribution in [2.75, 3.05) is 36.4 Å². The zero-order valence-corrected chi connectivity index (χ0v) is 19.8. The molecule has 1 N–H and O–H groups in total. The average Bonchev–Trinajstić information content (AvgIpc) is 2.67. The van der Waals surface area contributed by atoms with Crippen molar-refractivity contribution in [1.82, 2.24) is 4.90 Å². The third-order valence-electron chi connectivity index (χ3n) is 4.90. The Hall–Kier alpha value is -2.61. The topological polar surface area (TPSA) is 61.9 Å². The number of amides is 2. The van der Waals surface area contributed by atoms with Gasteiger partial charge in [-0.2, -0.15) is 0 Å².